The van der Waals surface area contributed by atoms with Crippen molar-refractivity contribution in [2.45, 2.75) is 31.5 Å². The zero-order valence-electron chi connectivity index (χ0n) is 10.7. The third kappa shape index (κ3) is 3.45. The first kappa shape index (κ1) is 15.2. The number of amides is 1. The lowest BCUT2D eigenvalue weighted by molar-refractivity contribution is -0.137. The summed E-state index contributed by atoms with van der Waals surface area (Å²) in [6.07, 6.45) is -1.70. The van der Waals surface area contributed by atoms with Crippen LogP contribution in [0.15, 0.2) is 24.3 Å². The van der Waals surface area contributed by atoms with E-state index < -0.39 is 17.6 Å². The number of alkyl halides is 4. The molecule has 20 heavy (non-hydrogen) atoms. The predicted octanol–water partition coefficient (Wildman–Crippen LogP) is 3.84. The van der Waals surface area contributed by atoms with Gasteiger partial charge in [-0.25, -0.2) is 0 Å². The van der Waals surface area contributed by atoms with Crippen LogP contribution in [-0.2, 0) is 6.18 Å². The van der Waals surface area contributed by atoms with Crippen LogP contribution in [0.2, 0.25) is 0 Å². The second-order valence-electron chi connectivity index (χ2n) is 5.00. The van der Waals surface area contributed by atoms with Gasteiger partial charge in [0.05, 0.1) is 5.56 Å². The average molecular weight is 306 g/mol. The molecule has 0 spiro atoms. The van der Waals surface area contributed by atoms with Gasteiger partial charge < -0.3 is 5.32 Å². The first-order valence-electron chi connectivity index (χ1n) is 6.46. The summed E-state index contributed by atoms with van der Waals surface area (Å²) in [5, 5.41) is 2.78. The molecule has 0 saturated heterocycles. The van der Waals surface area contributed by atoms with Gasteiger partial charge in [-0.3, -0.25) is 4.79 Å². The Kier molecular flexibility index (Phi) is 4.58. The largest absolute Gasteiger partial charge is 0.416 e. The minimum atomic E-state index is -4.44. The molecule has 1 N–H and O–H groups in total. The van der Waals surface area contributed by atoms with E-state index in [0.29, 0.717) is 5.88 Å². The maximum atomic E-state index is 12.6. The summed E-state index contributed by atoms with van der Waals surface area (Å²) in [4.78, 5) is 12.0. The SMILES string of the molecule is O=C(NC1CCCC1CCl)c1cccc(C(F)(F)F)c1. The number of hydrogen-bond acceptors (Lipinski definition) is 1. The Morgan fingerprint density at radius 3 is 2.75 bits per heavy atom. The van der Waals surface area contributed by atoms with Crippen molar-refractivity contribution >= 4 is 17.5 Å². The molecule has 2 rings (SSSR count). The molecule has 0 radical (unpaired) electrons. The van der Waals surface area contributed by atoms with Crippen LogP contribution in [0.1, 0.15) is 35.2 Å². The van der Waals surface area contributed by atoms with Crippen LogP contribution < -0.4 is 5.32 Å². The van der Waals surface area contributed by atoms with Gasteiger partial charge in [-0.05, 0) is 37.0 Å². The Bertz CT molecular complexity index is 490. The Hall–Kier alpha value is -1.23. The molecule has 0 aromatic heterocycles. The zero-order chi connectivity index (χ0) is 14.8. The van der Waals surface area contributed by atoms with E-state index in [1.54, 1.807) is 0 Å². The fraction of sp³-hybridized carbons (Fsp3) is 0.500. The third-order valence-electron chi connectivity index (χ3n) is 3.63. The average Bonchev–Trinajstić information content (AvgIpc) is 2.85. The van der Waals surface area contributed by atoms with Gasteiger partial charge in [-0.2, -0.15) is 13.2 Å². The fourth-order valence-electron chi connectivity index (χ4n) is 2.50. The minimum Gasteiger partial charge on any atom is -0.349 e. The fourth-order valence-corrected chi connectivity index (χ4v) is 2.87. The number of hydrogen-bond donors (Lipinski definition) is 1. The Labute approximate surface area is 120 Å². The number of carbonyl (C=O) groups excluding carboxylic acids is 1. The summed E-state index contributed by atoms with van der Waals surface area (Å²) < 4.78 is 37.8. The molecule has 0 bridgehead atoms. The van der Waals surface area contributed by atoms with Crippen LogP contribution in [0.3, 0.4) is 0 Å². The predicted molar refractivity (Wildman–Crippen MR) is 70.8 cm³/mol. The summed E-state index contributed by atoms with van der Waals surface area (Å²) in [6.45, 7) is 0. The second kappa shape index (κ2) is 6.04. The standard InChI is InChI=1S/C14H15ClF3NO/c15-8-10-4-2-6-12(10)19-13(20)9-3-1-5-11(7-9)14(16,17)18/h1,3,5,7,10,12H,2,4,6,8H2,(H,19,20). The van der Waals surface area contributed by atoms with E-state index in [0.717, 1.165) is 31.4 Å². The van der Waals surface area contributed by atoms with Gasteiger partial charge in [-0.1, -0.05) is 12.5 Å². The maximum Gasteiger partial charge on any atom is 0.416 e. The number of halogens is 4. The van der Waals surface area contributed by atoms with Crippen molar-refractivity contribution in [2.75, 3.05) is 5.88 Å². The lowest BCUT2D eigenvalue weighted by atomic mass is 10.0. The van der Waals surface area contributed by atoms with E-state index >= 15 is 0 Å². The lowest BCUT2D eigenvalue weighted by Gasteiger charge is -2.19. The van der Waals surface area contributed by atoms with Crippen molar-refractivity contribution in [3.63, 3.8) is 0 Å². The first-order chi connectivity index (χ1) is 9.41. The molecular formula is C14H15ClF3NO. The highest BCUT2D eigenvalue weighted by Gasteiger charge is 2.32. The zero-order valence-corrected chi connectivity index (χ0v) is 11.5. The smallest absolute Gasteiger partial charge is 0.349 e. The molecule has 0 aliphatic heterocycles. The van der Waals surface area contributed by atoms with Gasteiger partial charge in [0.1, 0.15) is 0 Å². The van der Waals surface area contributed by atoms with Crippen LogP contribution in [0.25, 0.3) is 0 Å². The van der Waals surface area contributed by atoms with Gasteiger partial charge >= 0.3 is 6.18 Å². The molecule has 1 saturated carbocycles. The summed E-state index contributed by atoms with van der Waals surface area (Å²) >= 11 is 5.82. The monoisotopic (exact) mass is 305 g/mol. The highest BCUT2D eigenvalue weighted by atomic mass is 35.5. The van der Waals surface area contributed by atoms with Gasteiger partial charge in [-0.15, -0.1) is 11.6 Å². The highest BCUT2D eigenvalue weighted by molar-refractivity contribution is 6.18. The Morgan fingerprint density at radius 1 is 1.35 bits per heavy atom. The second-order valence-corrected chi connectivity index (χ2v) is 5.31. The Balaban J connectivity index is 2.10. The molecule has 2 atom stereocenters. The van der Waals surface area contributed by atoms with Gasteiger partial charge in [0.15, 0.2) is 0 Å². The lowest BCUT2D eigenvalue weighted by Crippen LogP contribution is -2.38. The number of carbonyl (C=O) groups is 1. The molecule has 2 nitrogen and oxygen atoms in total. The van der Waals surface area contributed by atoms with Crippen LogP contribution >= 0.6 is 11.6 Å². The van der Waals surface area contributed by atoms with Crippen LogP contribution in [0.4, 0.5) is 13.2 Å². The summed E-state index contributed by atoms with van der Waals surface area (Å²) in [5.74, 6) is 0.178. The number of nitrogens with one attached hydrogen (secondary N) is 1. The molecule has 1 aromatic rings. The normalized spacial score (nSPS) is 22.8. The van der Waals surface area contributed by atoms with Crippen LogP contribution in [0.5, 0.6) is 0 Å². The van der Waals surface area contributed by atoms with Crippen molar-refractivity contribution in [1.29, 1.82) is 0 Å². The quantitative estimate of drug-likeness (QED) is 0.845. The van der Waals surface area contributed by atoms with E-state index in [9.17, 15) is 18.0 Å². The van der Waals surface area contributed by atoms with E-state index in [2.05, 4.69) is 5.32 Å². The number of benzene rings is 1. The van der Waals surface area contributed by atoms with Crippen LogP contribution in [-0.4, -0.2) is 17.8 Å². The third-order valence-corrected chi connectivity index (χ3v) is 4.02. The molecule has 1 aliphatic rings. The molecule has 6 heteroatoms. The van der Waals surface area contributed by atoms with Crippen molar-refractivity contribution in [3.05, 3.63) is 35.4 Å². The van der Waals surface area contributed by atoms with Crippen molar-refractivity contribution in [3.8, 4) is 0 Å². The molecule has 1 aromatic carbocycles. The number of rotatable bonds is 3. The molecule has 110 valence electrons. The topological polar surface area (TPSA) is 29.1 Å². The molecule has 2 unspecified atom stereocenters. The summed E-state index contributed by atoms with van der Waals surface area (Å²) in [6, 6.07) is 4.41. The van der Waals surface area contributed by atoms with E-state index in [1.165, 1.54) is 12.1 Å². The van der Waals surface area contributed by atoms with E-state index in [-0.39, 0.29) is 17.5 Å². The molecule has 1 fully saturated rings. The van der Waals surface area contributed by atoms with Crippen molar-refractivity contribution in [1.82, 2.24) is 5.32 Å². The molecule has 0 heterocycles. The van der Waals surface area contributed by atoms with Crippen molar-refractivity contribution < 1.29 is 18.0 Å². The minimum absolute atomic E-state index is 0.0278. The van der Waals surface area contributed by atoms with Crippen LogP contribution in [0, 0.1) is 5.92 Å². The summed E-state index contributed by atoms with van der Waals surface area (Å²) in [7, 11) is 0. The van der Waals surface area contributed by atoms with Gasteiger partial charge in [0, 0.05) is 17.5 Å². The van der Waals surface area contributed by atoms with E-state index in [1.807, 2.05) is 0 Å². The molecule has 1 amide bonds. The van der Waals surface area contributed by atoms with Gasteiger partial charge in [0.25, 0.3) is 5.91 Å². The molecule has 1 aliphatic carbocycles. The van der Waals surface area contributed by atoms with Gasteiger partial charge in [0.2, 0.25) is 0 Å². The first-order valence-corrected chi connectivity index (χ1v) is 6.99. The molecular weight excluding hydrogens is 291 g/mol. The Morgan fingerprint density at radius 2 is 2.10 bits per heavy atom. The van der Waals surface area contributed by atoms with Crippen molar-refractivity contribution in [2.24, 2.45) is 5.92 Å². The summed E-state index contributed by atoms with van der Waals surface area (Å²) in [5.41, 5.74) is -0.787. The van der Waals surface area contributed by atoms with E-state index in [4.69, 9.17) is 11.6 Å². The highest BCUT2D eigenvalue weighted by Crippen LogP contribution is 2.30. The maximum absolute atomic E-state index is 12.6.